The summed E-state index contributed by atoms with van der Waals surface area (Å²) in [5.74, 6) is 0.210. The highest BCUT2D eigenvalue weighted by molar-refractivity contribution is 5.66. The van der Waals surface area contributed by atoms with Crippen molar-refractivity contribution in [2.75, 3.05) is 6.54 Å². The second-order valence-corrected chi connectivity index (χ2v) is 4.08. The topological polar surface area (TPSA) is 60.8 Å². The zero-order valence-corrected chi connectivity index (χ0v) is 8.97. The molecule has 0 aromatic heterocycles. The van der Waals surface area contributed by atoms with Crippen LogP contribution in [0, 0.1) is 0 Å². The third kappa shape index (κ3) is 2.10. The minimum absolute atomic E-state index is 0.0631. The predicted octanol–water partition coefficient (Wildman–Crippen LogP) is 2.60. The van der Waals surface area contributed by atoms with Gasteiger partial charge in [0, 0.05) is 6.54 Å². The van der Waals surface area contributed by atoms with Crippen LogP contribution in [0.25, 0.3) is 0 Å². The summed E-state index contributed by atoms with van der Waals surface area (Å²) in [4.78, 5) is 12.6. The van der Waals surface area contributed by atoms with Crippen molar-refractivity contribution in [2.24, 2.45) is 0 Å². The number of carbonyl (C=O) groups is 1. The van der Waals surface area contributed by atoms with E-state index in [4.69, 9.17) is 5.11 Å². The molecular weight excluding hydrogens is 206 g/mol. The van der Waals surface area contributed by atoms with Gasteiger partial charge in [0.1, 0.15) is 5.75 Å². The Hall–Kier alpha value is -1.71. The average molecular weight is 221 g/mol. The number of amides is 1. The van der Waals surface area contributed by atoms with Crippen LogP contribution in [0.5, 0.6) is 5.75 Å². The number of piperidine rings is 1. The number of hydrogen-bond acceptors (Lipinski definition) is 2. The third-order valence-electron chi connectivity index (χ3n) is 3.03. The van der Waals surface area contributed by atoms with Gasteiger partial charge in [0.05, 0.1) is 6.04 Å². The van der Waals surface area contributed by atoms with Crippen LogP contribution in [-0.2, 0) is 0 Å². The van der Waals surface area contributed by atoms with Gasteiger partial charge in [0.25, 0.3) is 0 Å². The van der Waals surface area contributed by atoms with Gasteiger partial charge in [0.2, 0.25) is 0 Å². The molecule has 1 unspecified atom stereocenters. The Morgan fingerprint density at radius 3 is 2.56 bits per heavy atom. The van der Waals surface area contributed by atoms with Crippen LogP contribution in [0.4, 0.5) is 4.79 Å². The van der Waals surface area contributed by atoms with E-state index in [-0.39, 0.29) is 11.8 Å². The van der Waals surface area contributed by atoms with Crippen LogP contribution >= 0.6 is 0 Å². The fourth-order valence-corrected chi connectivity index (χ4v) is 2.20. The van der Waals surface area contributed by atoms with E-state index in [9.17, 15) is 9.90 Å². The molecule has 16 heavy (non-hydrogen) atoms. The summed E-state index contributed by atoms with van der Waals surface area (Å²) in [6.07, 6.45) is 1.98. The summed E-state index contributed by atoms with van der Waals surface area (Å²) >= 11 is 0. The first-order chi connectivity index (χ1) is 7.68. The number of carboxylic acid groups (broad SMARTS) is 1. The zero-order valence-electron chi connectivity index (χ0n) is 8.97. The molecule has 86 valence electrons. The maximum atomic E-state index is 11.1. The van der Waals surface area contributed by atoms with Crippen molar-refractivity contribution in [3.8, 4) is 5.75 Å². The maximum absolute atomic E-state index is 11.1. The summed E-state index contributed by atoms with van der Waals surface area (Å²) in [5, 5.41) is 18.3. The van der Waals surface area contributed by atoms with Crippen LogP contribution in [0.3, 0.4) is 0 Å². The Labute approximate surface area is 94.1 Å². The van der Waals surface area contributed by atoms with Crippen LogP contribution in [0.2, 0.25) is 0 Å². The Bertz CT molecular complexity index is 374. The molecule has 0 bridgehead atoms. The van der Waals surface area contributed by atoms with Gasteiger partial charge in [0.15, 0.2) is 0 Å². The van der Waals surface area contributed by atoms with Crippen LogP contribution < -0.4 is 0 Å². The lowest BCUT2D eigenvalue weighted by atomic mass is 9.96. The molecular formula is C12H15NO3. The van der Waals surface area contributed by atoms with Gasteiger partial charge < -0.3 is 15.1 Å². The molecule has 4 nitrogen and oxygen atoms in total. The first-order valence-electron chi connectivity index (χ1n) is 5.47. The van der Waals surface area contributed by atoms with E-state index < -0.39 is 6.09 Å². The number of phenols is 1. The molecule has 0 radical (unpaired) electrons. The quantitative estimate of drug-likeness (QED) is 0.766. The molecule has 4 heteroatoms. The molecule has 1 atom stereocenters. The number of aromatic hydroxyl groups is 1. The summed E-state index contributed by atoms with van der Waals surface area (Å²) in [6.45, 7) is 0.598. The molecule has 1 aliphatic rings. The van der Waals surface area contributed by atoms with Crippen molar-refractivity contribution in [3.05, 3.63) is 29.8 Å². The SMILES string of the molecule is O=C(O)N1CCCCC1c1ccc(O)cc1. The molecule has 2 rings (SSSR count). The average Bonchev–Trinajstić information content (AvgIpc) is 2.30. The zero-order chi connectivity index (χ0) is 11.5. The molecule has 0 aliphatic carbocycles. The van der Waals surface area contributed by atoms with E-state index in [1.165, 1.54) is 4.90 Å². The highest BCUT2D eigenvalue weighted by Gasteiger charge is 2.27. The van der Waals surface area contributed by atoms with Gasteiger partial charge in [-0.15, -0.1) is 0 Å². The highest BCUT2D eigenvalue weighted by Crippen LogP contribution is 2.31. The summed E-state index contributed by atoms with van der Waals surface area (Å²) in [5.41, 5.74) is 0.958. The van der Waals surface area contributed by atoms with Gasteiger partial charge in [-0.25, -0.2) is 4.79 Å². The molecule has 1 amide bonds. The normalized spacial score (nSPS) is 20.8. The molecule has 1 fully saturated rings. The lowest BCUT2D eigenvalue weighted by Gasteiger charge is -2.33. The van der Waals surface area contributed by atoms with E-state index in [0.29, 0.717) is 6.54 Å². The van der Waals surface area contributed by atoms with E-state index in [1.807, 2.05) is 0 Å². The van der Waals surface area contributed by atoms with Gasteiger partial charge in [-0.1, -0.05) is 12.1 Å². The standard InChI is InChI=1S/C12H15NO3/c14-10-6-4-9(5-7-10)11-3-1-2-8-13(11)12(15)16/h4-7,11,14H,1-3,8H2,(H,15,16). The largest absolute Gasteiger partial charge is 0.508 e. The van der Waals surface area contributed by atoms with Crippen molar-refractivity contribution in [1.29, 1.82) is 0 Å². The second-order valence-electron chi connectivity index (χ2n) is 4.08. The molecule has 1 heterocycles. The molecule has 0 saturated carbocycles. The third-order valence-corrected chi connectivity index (χ3v) is 3.03. The van der Waals surface area contributed by atoms with Crippen molar-refractivity contribution in [3.63, 3.8) is 0 Å². The van der Waals surface area contributed by atoms with Gasteiger partial charge in [-0.3, -0.25) is 0 Å². The van der Waals surface area contributed by atoms with E-state index in [2.05, 4.69) is 0 Å². The minimum Gasteiger partial charge on any atom is -0.508 e. The Balaban J connectivity index is 2.23. The smallest absolute Gasteiger partial charge is 0.407 e. The molecule has 1 aromatic carbocycles. The number of phenolic OH excluding ortho intramolecular Hbond substituents is 1. The number of hydrogen-bond donors (Lipinski definition) is 2. The second kappa shape index (κ2) is 4.43. The fraction of sp³-hybridized carbons (Fsp3) is 0.417. The summed E-state index contributed by atoms with van der Waals surface area (Å²) in [7, 11) is 0. The molecule has 0 spiro atoms. The van der Waals surface area contributed by atoms with Crippen LogP contribution in [-0.4, -0.2) is 27.8 Å². The van der Waals surface area contributed by atoms with Crippen molar-refractivity contribution < 1.29 is 15.0 Å². The van der Waals surface area contributed by atoms with Crippen molar-refractivity contribution in [2.45, 2.75) is 25.3 Å². The van der Waals surface area contributed by atoms with Crippen LogP contribution in [0.15, 0.2) is 24.3 Å². The number of benzene rings is 1. The monoisotopic (exact) mass is 221 g/mol. The Morgan fingerprint density at radius 1 is 1.25 bits per heavy atom. The van der Waals surface area contributed by atoms with E-state index in [0.717, 1.165) is 24.8 Å². The minimum atomic E-state index is -0.863. The number of nitrogens with zero attached hydrogens (tertiary/aromatic N) is 1. The van der Waals surface area contributed by atoms with Gasteiger partial charge in [-0.05, 0) is 37.0 Å². The van der Waals surface area contributed by atoms with Crippen LogP contribution in [0.1, 0.15) is 30.9 Å². The molecule has 1 saturated heterocycles. The summed E-state index contributed by atoms with van der Waals surface area (Å²) in [6, 6.07) is 6.73. The number of likely N-dealkylation sites (tertiary alicyclic amines) is 1. The fourth-order valence-electron chi connectivity index (χ4n) is 2.20. The molecule has 2 N–H and O–H groups in total. The van der Waals surface area contributed by atoms with Crippen molar-refractivity contribution >= 4 is 6.09 Å². The van der Waals surface area contributed by atoms with E-state index >= 15 is 0 Å². The molecule has 1 aliphatic heterocycles. The number of rotatable bonds is 1. The Kier molecular flexibility index (Phi) is 2.99. The first-order valence-corrected chi connectivity index (χ1v) is 5.47. The maximum Gasteiger partial charge on any atom is 0.407 e. The van der Waals surface area contributed by atoms with Gasteiger partial charge in [-0.2, -0.15) is 0 Å². The van der Waals surface area contributed by atoms with E-state index in [1.54, 1.807) is 24.3 Å². The summed E-state index contributed by atoms with van der Waals surface area (Å²) < 4.78 is 0. The highest BCUT2D eigenvalue weighted by atomic mass is 16.4. The first kappa shape index (κ1) is 10.8. The van der Waals surface area contributed by atoms with Gasteiger partial charge >= 0.3 is 6.09 Å². The predicted molar refractivity (Wildman–Crippen MR) is 59.4 cm³/mol. The molecule has 1 aromatic rings. The lowest BCUT2D eigenvalue weighted by molar-refractivity contribution is 0.106. The van der Waals surface area contributed by atoms with Crippen molar-refractivity contribution in [1.82, 2.24) is 4.90 Å². The Morgan fingerprint density at radius 2 is 1.94 bits per heavy atom. The lowest BCUT2D eigenvalue weighted by Crippen LogP contribution is -2.37.